The highest BCUT2D eigenvalue weighted by atomic mass is 32.2. The van der Waals surface area contributed by atoms with E-state index < -0.39 is 21.0 Å². The summed E-state index contributed by atoms with van der Waals surface area (Å²) in [7, 11) is -2.28. The van der Waals surface area contributed by atoms with E-state index in [1.165, 1.54) is 7.11 Å². The van der Waals surface area contributed by atoms with E-state index in [1.54, 1.807) is 0 Å². The molecule has 78 valence electrons. The van der Waals surface area contributed by atoms with Gasteiger partial charge in [0.05, 0.1) is 7.11 Å². The molecule has 0 aliphatic heterocycles. The van der Waals surface area contributed by atoms with Crippen LogP contribution in [0.4, 0.5) is 0 Å². The van der Waals surface area contributed by atoms with Crippen molar-refractivity contribution in [3.8, 4) is 0 Å². The normalized spacial score (nSPS) is 11.3. The summed E-state index contributed by atoms with van der Waals surface area (Å²) in [4.78, 5) is 11.6. The van der Waals surface area contributed by atoms with Gasteiger partial charge in [-0.2, -0.15) is 4.80 Å². The Morgan fingerprint density at radius 1 is 1.57 bits per heavy atom. The van der Waals surface area contributed by atoms with Crippen LogP contribution in [0.25, 0.3) is 0 Å². The van der Waals surface area contributed by atoms with Crippen molar-refractivity contribution in [3.63, 3.8) is 0 Å². The molecule has 0 N–H and O–H groups in total. The van der Waals surface area contributed by atoms with E-state index >= 15 is 0 Å². The van der Waals surface area contributed by atoms with Crippen LogP contribution in [0.2, 0.25) is 0 Å². The predicted molar refractivity (Wildman–Crippen MR) is 42.9 cm³/mol. The number of aromatic nitrogens is 4. The van der Waals surface area contributed by atoms with Gasteiger partial charge in [0.15, 0.2) is 6.54 Å². The zero-order chi connectivity index (χ0) is 10.8. The number of hydrogen-bond donors (Lipinski definition) is 0. The molecule has 1 aromatic rings. The van der Waals surface area contributed by atoms with Crippen molar-refractivity contribution in [3.05, 3.63) is 0 Å². The minimum absolute atomic E-state index is 0.265. The van der Waals surface area contributed by atoms with Crippen molar-refractivity contribution in [2.75, 3.05) is 13.4 Å². The maximum atomic E-state index is 10.9. The highest BCUT2D eigenvalue weighted by Gasteiger charge is 2.15. The third-order valence-electron chi connectivity index (χ3n) is 1.26. The fraction of sp³-hybridized carbons (Fsp3) is 0.600. The Balaban J connectivity index is 2.84. The summed E-state index contributed by atoms with van der Waals surface area (Å²) in [5.41, 5.74) is 0. The Bertz CT molecular complexity index is 436. The van der Waals surface area contributed by atoms with Crippen LogP contribution in [-0.4, -0.2) is 48.0 Å². The first kappa shape index (κ1) is 10.6. The Kier molecular flexibility index (Phi) is 2.79. The minimum atomic E-state index is -3.48. The fourth-order valence-electron chi connectivity index (χ4n) is 0.624. The molecule has 0 spiro atoms. The fourth-order valence-corrected chi connectivity index (χ4v) is 1.05. The van der Waals surface area contributed by atoms with Crippen LogP contribution in [-0.2, 0) is 25.9 Å². The van der Waals surface area contributed by atoms with Crippen molar-refractivity contribution in [1.82, 2.24) is 20.2 Å². The molecule has 0 fully saturated rings. The van der Waals surface area contributed by atoms with E-state index in [0.717, 1.165) is 11.1 Å². The second-order valence-electron chi connectivity index (χ2n) is 2.45. The van der Waals surface area contributed by atoms with Gasteiger partial charge >= 0.3 is 5.97 Å². The van der Waals surface area contributed by atoms with Crippen LogP contribution in [0, 0.1) is 0 Å². The first-order valence-electron chi connectivity index (χ1n) is 3.48. The van der Waals surface area contributed by atoms with Crippen molar-refractivity contribution in [2.45, 2.75) is 11.7 Å². The maximum absolute atomic E-state index is 10.9. The summed E-state index contributed by atoms with van der Waals surface area (Å²) in [6.07, 6.45) is 0.951. The van der Waals surface area contributed by atoms with Gasteiger partial charge in [0.1, 0.15) is 0 Å². The topological polar surface area (TPSA) is 104 Å². The highest BCUT2D eigenvalue weighted by Crippen LogP contribution is 1.96. The Morgan fingerprint density at radius 3 is 2.64 bits per heavy atom. The second kappa shape index (κ2) is 3.70. The van der Waals surface area contributed by atoms with Gasteiger partial charge in [-0.1, -0.05) is 5.10 Å². The van der Waals surface area contributed by atoms with Crippen molar-refractivity contribution >= 4 is 15.8 Å². The molecule has 0 aliphatic carbocycles. The average molecular weight is 220 g/mol. The molecule has 9 heteroatoms. The van der Waals surface area contributed by atoms with Crippen LogP contribution < -0.4 is 0 Å². The molecule has 0 bridgehead atoms. The molecule has 0 aliphatic rings. The first-order valence-corrected chi connectivity index (χ1v) is 5.37. The highest BCUT2D eigenvalue weighted by molar-refractivity contribution is 7.90. The molecule has 1 rings (SSSR count). The molecule has 14 heavy (non-hydrogen) atoms. The molecule has 0 aromatic carbocycles. The van der Waals surface area contributed by atoms with Gasteiger partial charge in [0.2, 0.25) is 9.84 Å². The van der Waals surface area contributed by atoms with E-state index in [-0.39, 0.29) is 6.54 Å². The number of tetrazole rings is 1. The van der Waals surface area contributed by atoms with Crippen LogP contribution in [0.5, 0.6) is 0 Å². The average Bonchev–Trinajstić information content (AvgIpc) is 2.51. The Hall–Kier alpha value is -1.51. The van der Waals surface area contributed by atoms with Gasteiger partial charge in [-0.05, 0) is 5.21 Å². The summed E-state index contributed by atoms with van der Waals surface area (Å²) in [6, 6.07) is 0. The van der Waals surface area contributed by atoms with Crippen LogP contribution in [0.3, 0.4) is 0 Å². The number of carbonyl (C=O) groups excluding carboxylic acids is 1. The first-order chi connectivity index (χ1) is 6.43. The number of hydrogen-bond acceptors (Lipinski definition) is 7. The summed E-state index contributed by atoms with van der Waals surface area (Å²) in [5, 5.41) is 9.69. The van der Waals surface area contributed by atoms with Crippen LogP contribution in [0.1, 0.15) is 0 Å². The van der Waals surface area contributed by atoms with Gasteiger partial charge in [-0.3, -0.25) is 0 Å². The van der Waals surface area contributed by atoms with Gasteiger partial charge in [0, 0.05) is 6.26 Å². The van der Waals surface area contributed by atoms with Crippen molar-refractivity contribution in [2.24, 2.45) is 0 Å². The van der Waals surface area contributed by atoms with Crippen LogP contribution >= 0.6 is 0 Å². The number of sulfone groups is 1. The number of methoxy groups -OCH3 is 1. The molecule has 0 radical (unpaired) electrons. The summed E-state index contributed by atoms with van der Waals surface area (Å²) < 4.78 is 26.1. The van der Waals surface area contributed by atoms with E-state index in [4.69, 9.17) is 0 Å². The zero-order valence-corrected chi connectivity index (χ0v) is 8.35. The number of nitrogens with zero attached hydrogens (tertiary/aromatic N) is 4. The number of rotatable bonds is 3. The standard InChI is InChI=1S/C5H8N4O4S/c1-13-4(10)3-9-7-5(6-8-9)14(2,11)12/h3H2,1-2H3. The molecule has 8 nitrogen and oxygen atoms in total. The molecular weight excluding hydrogens is 212 g/mol. The lowest BCUT2D eigenvalue weighted by Crippen LogP contribution is -2.14. The van der Waals surface area contributed by atoms with E-state index in [2.05, 4.69) is 20.1 Å². The second-order valence-corrected chi connectivity index (χ2v) is 4.36. The summed E-state index contributed by atoms with van der Waals surface area (Å²) >= 11 is 0. The molecule has 0 saturated carbocycles. The van der Waals surface area contributed by atoms with E-state index in [0.29, 0.717) is 0 Å². The lowest BCUT2D eigenvalue weighted by molar-refractivity contribution is -0.141. The largest absolute Gasteiger partial charge is 0.468 e. The van der Waals surface area contributed by atoms with Gasteiger partial charge in [-0.15, -0.1) is 5.10 Å². The molecule has 0 saturated heterocycles. The third kappa shape index (κ3) is 2.49. The van der Waals surface area contributed by atoms with Crippen LogP contribution in [0.15, 0.2) is 5.16 Å². The predicted octanol–water partition coefficient (Wildman–Crippen LogP) is -1.75. The molecule has 0 unspecified atom stereocenters. The third-order valence-corrected chi connectivity index (χ3v) is 2.09. The van der Waals surface area contributed by atoms with E-state index in [1.807, 2.05) is 0 Å². The number of esters is 1. The lowest BCUT2D eigenvalue weighted by Gasteiger charge is -1.94. The van der Waals surface area contributed by atoms with Gasteiger partial charge < -0.3 is 4.74 Å². The summed E-state index contributed by atoms with van der Waals surface area (Å²) in [5.74, 6) is -0.581. The summed E-state index contributed by atoms with van der Waals surface area (Å²) in [6.45, 7) is -0.265. The van der Waals surface area contributed by atoms with Gasteiger partial charge in [-0.25, -0.2) is 13.2 Å². The maximum Gasteiger partial charge on any atom is 0.329 e. The molecule has 1 aromatic heterocycles. The van der Waals surface area contributed by atoms with Gasteiger partial charge in [0.25, 0.3) is 5.16 Å². The zero-order valence-electron chi connectivity index (χ0n) is 7.54. The smallest absolute Gasteiger partial charge is 0.329 e. The van der Waals surface area contributed by atoms with Crippen molar-refractivity contribution in [1.29, 1.82) is 0 Å². The Morgan fingerprint density at radius 2 is 2.21 bits per heavy atom. The molecule has 1 heterocycles. The van der Waals surface area contributed by atoms with Crippen molar-refractivity contribution < 1.29 is 17.9 Å². The SMILES string of the molecule is COC(=O)Cn1nnc(S(C)(=O)=O)n1. The molecular formula is C5H8N4O4S. The minimum Gasteiger partial charge on any atom is -0.468 e. The number of ether oxygens (including phenoxy) is 1. The molecule has 0 atom stereocenters. The molecule has 0 amide bonds. The monoisotopic (exact) mass is 220 g/mol. The lowest BCUT2D eigenvalue weighted by atomic mass is 10.7. The Labute approximate surface area is 79.8 Å². The number of carbonyl (C=O) groups is 1. The van der Waals surface area contributed by atoms with E-state index in [9.17, 15) is 13.2 Å². The quantitative estimate of drug-likeness (QED) is 0.556.